The van der Waals surface area contributed by atoms with E-state index in [0.717, 1.165) is 0 Å². The first-order valence-electron chi connectivity index (χ1n) is 6.51. The third-order valence-electron chi connectivity index (χ3n) is 3.35. The molecule has 1 aliphatic rings. The number of nitriles is 1. The van der Waals surface area contributed by atoms with Crippen molar-refractivity contribution in [3.8, 4) is 12.0 Å². The Labute approximate surface area is 124 Å². The van der Waals surface area contributed by atoms with Gasteiger partial charge < -0.3 is 9.52 Å². The molecule has 0 amide bonds. The molecule has 2 aromatic heterocycles. The molecule has 0 saturated heterocycles. The minimum atomic E-state index is -0.276. The zero-order chi connectivity index (χ0) is 15.1. The number of benzene rings is 1. The van der Waals surface area contributed by atoms with E-state index < -0.39 is 0 Å². The van der Waals surface area contributed by atoms with Gasteiger partial charge in [-0.1, -0.05) is 12.1 Å². The summed E-state index contributed by atoms with van der Waals surface area (Å²) >= 11 is 0. The molecule has 0 bridgehead atoms. The van der Waals surface area contributed by atoms with Gasteiger partial charge in [-0.05, 0) is 24.3 Å². The normalized spacial score (nSPS) is 12.4. The largest absolute Gasteiger partial charge is 0.480 e. The SMILES string of the molecule is N#CC(=C1N=c2ccccc2=N1)c1oc(O)c2cccnc12. The molecule has 0 saturated carbocycles. The van der Waals surface area contributed by atoms with Gasteiger partial charge in [0.05, 0.1) is 16.1 Å². The van der Waals surface area contributed by atoms with Crippen molar-refractivity contribution >= 4 is 16.5 Å². The molecule has 4 rings (SSSR count). The van der Waals surface area contributed by atoms with E-state index in [1.807, 2.05) is 30.3 Å². The number of fused-ring (bicyclic) bond motifs is 2. The molecule has 6 nitrogen and oxygen atoms in total. The van der Waals surface area contributed by atoms with Crippen molar-refractivity contribution in [2.45, 2.75) is 0 Å². The van der Waals surface area contributed by atoms with Crippen LogP contribution in [0.5, 0.6) is 5.95 Å². The first-order valence-corrected chi connectivity index (χ1v) is 6.51. The molecule has 0 fully saturated rings. The number of rotatable bonds is 1. The zero-order valence-electron chi connectivity index (χ0n) is 11.2. The van der Waals surface area contributed by atoms with E-state index >= 15 is 0 Å². The maximum absolute atomic E-state index is 9.85. The summed E-state index contributed by atoms with van der Waals surface area (Å²) in [7, 11) is 0. The van der Waals surface area contributed by atoms with Crippen molar-refractivity contribution in [1.29, 1.82) is 5.26 Å². The summed E-state index contributed by atoms with van der Waals surface area (Å²) in [5, 5.41) is 21.2. The molecule has 3 aromatic rings. The van der Waals surface area contributed by atoms with Gasteiger partial charge in [0.1, 0.15) is 17.2 Å². The van der Waals surface area contributed by atoms with Crippen molar-refractivity contribution in [1.82, 2.24) is 4.98 Å². The summed E-state index contributed by atoms with van der Waals surface area (Å²) in [6.07, 6.45) is 1.57. The third-order valence-corrected chi connectivity index (χ3v) is 3.35. The lowest BCUT2D eigenvalue weighted by molar-refractivity contribution is 0.334. The van der Waals surface area contributed by atoms with Crippen LogP contribution in [0.25, 0.3) is 16.5 Å². The minimum Gasteiger partial charge on any atom is -0.480 e. The summed E-state index contributed by atoms with van der Waals surface area (Å²) in [5.74, 6) is 0.151. The summed E-state index contributed by atoms with van der Waals surface area (Å²) in [6.45, 7) is 0. The maximum Gasteiger partial charge on any atom is 0.292 e. The Morgan fingerprint density at radius 1 is 1.09 bits per heavy atom. The van der Waals surface area contributed by atoms with E-state index in [-0.39, 0.29) is 23.1 Å². The van der Waals surface area contributed by atoms with Crippen molar-refractivity contribution in [2.75, 3.05) is 0 Å². The highest BCUT2D eigenvalue weighted by Gasteiger charge is 2.21. The number of hydrogen-bond acceptors (Lipinski definition) is 6. The fourth-order valence-electron chi connectivity index (χ4n) is 2.35. The first kappa shape index (κ1) is 12.3. The zero-order valence-corrected chi connectivity index (χ0v) is 11.2. The Morgan fingerprint density at radius 3 is 2.50 bits per heavy atom. The number of aromatic hydroxyl groups is 1. The van der Waals surface area contributed by atoms with E-state index in [9.17, 15) is 10.4 Å². The molecular weight excluding hydrogens is 280 g/mol. The molecule has 22 heavy (non-hydrogen) atoms. The lowest BCUT2D eigenvalue weighted by Crippen LogP contribution is -2.19. The molecule has 0 radical (unpaired) electrons. The van der Waals surface area contributed by atoms with Crippen molar-refractivity contribution < 1.29 is 9.52 Å². The van der Waals surface area contributed by atoms with E-state index in [4.69, 9.17) is 4.42 Å². The van der Waals surface area contributed by atoms with Crippen LogP contribution in [0.1, 0.15) is 5.76 Å². The number of nitrogens with zero attached hydrogens (tertiary/aromatic N) is 4. The number of furan rings is 1. The fourth-order valence-corrected chi connectivity index (χ4v) is 2.35. The van der Waals surface area contributed by atoms with Gasteiger partial charge in [-0.3, -0.25) is 4.98 Å². The van der Waals surface area contributed by atoms with Crippen LogP contribution in [-0.2, 0) is 0 Å². The van der Waals surface area contributed by atoms with Gasteiger partial charge in [0.2, 0.25) is 0 Å². The third kappa shape index (κ3) is 1.70. The van der Waals surface area contributed by atoms with E-state index in [1.165, 1.54) is 0 Å². The molecule has 6 heteroatoms. The van der Waals surface area contributed by atoms with Crippen LogP contribution in [0.3, 0.4) is 0 Å². The fraction of sp³-hybridized carbons (Fsp3) is 0. The van der Waals surface area contributed by atoms with Gasteiger partial charge in [0, 0.05) is 6.20 Å². The van der Waals surface area contributed by atoms with E-state index in [2.05, 4.69) is 15.0 Å². The lowest BCUT2D eigenvalue weighted by Gasteiger charge is -1.95. The second-order valence-corrected chi connectivity index (χ2v) is 4.66. The van der Waals surface area contributed by atoms with Crippen LogP contribution in [0.4, 0.5) is 0 Å². The average molecular weight is 288 g/mol. The van der Waals surface area contributed by atoms with Gasteiger partial charge in [0.15, 0.2) is 11.6 Å². The number of hydrogen-bond donors (Lipinski definition) is 1. The van der Waals surface area contributed by atoms with Crippen LogP contribution in [0, 0.1) is 11.3 Å². The maximum atomic E-state index is 9.85. The molecule has 1 aliphatic heterocycles. The second-order valence-electron chi connectivity index (χ2n) is 4.66. The van der Waals surface area contributed by atoms with E-state index in [1.54, 1.807) is 18.3 Å². The summed E-state index contributed by atoms with van der Waals surface area (Å²) in [5.41, 5.74) is 0.547. The standard InChI is InChI=1S/C16H8N4O2/c17-8-10(15-19-11-5-1-2-6-12(11)20-15)14-13-9(16(21)22-14)4-3-7-18-13/h1-7,21H. The van der Waals surface area contributed by atoms with Gasteiger partial charge >= 0.3 is 0 Å². The number of aromatic nitrogens is 1. The molecule has 0 spiro atoms. The highest BCUT2D eigenvalue weighted by molar-refractivity contribution is 5.95. The van der Waals surface area contributed by atoms with Gasteiger partial charge in [-0.2, -0.15) is 5.26 Å². The molecule has 104 valence electrons. The quantitative estimate of drug-likeness (QED) is 0.689. The molecule has 1 N–H and O–H groups in total. The van der Waals surface area contributed by atoms with Gasteiger partial charge in [-0.15, -0.1) is 0 Å². The highest BCUT2D eigenvalue weighted by Crippen LogP contribution is 2.34. The number of pyridine rings is 1. The Bertz CT molecular complexity index is 1070. The van der Waals surface area contributed by atoms with Crippen LogP contribution in [-0.4, -0.2) is 10.1 Å². The van der Waals surface area contributed by atoms with Crippen LogP contribution >= 0.6 is 0 Å². The van der Waals surface area contributed by atoms with Crippen molar-refractivity contribution in [2.24, 2.45) is 9.98 Å². The molecule has 3 heterocycles. The van der Waals surface area contributed by atoms with E-state index in [0.29, 0.717) is 21.6 Å². The molecule has 0 atom stereocenters. The number of allylic oxidation sites excluding steroid dienone is 1. The number of para-hydroxylation sites is 2. The topological polar surface area (TPSA) is 94.8 Å². The summed E-state index contributed by atoms with van der Waals surface area (Å²) < 4.78 is 5.32. The van der Waals surface area contributed by atoms with Gasteiger partial charge in [-0.25, -0.2) is 9.98 Å². The summed E-state index contributed by atoms with van der Waals surface area (Å²) in [4.78, 5) is 12.8. The molecular formula is C16H8N4O2. The van der Waals surface area contributed by atoms with Crippen molar-refractivity contribution in [3.63, 3.8) is 0 Å². The molecule has 0 unspecified atom stereocenters. The monoisotopic (exact) mass is 288 g/mol. The Morgan fingerprint density at radius 2 is 1.82 bits per heavy atom. The Hall–Kier alpha value is -3.46. The van der Waals surface area contributed by atoms with Crippen LogP contribution < -0.4 is 10.7 Å². The molecule has 1 aromatic carbocycles. The summed E-state index contributed by atoms with van der Waals surface area (Å²) in [6, 6.07) is 12.7. The van der Waals surface area contributed by atoms with Crippen LogP contribution in [0.2, 0.25) is 0 Å². The minimum absolute atomic E-state index is 0.139. The van der Waals surface area contributed by atoms with Crippen molar-refractivity contribution in [3.05, 3.63) is 64.9 Å². The average Bonchev–Trinajstić information content (AvgIpc) is 3.11. The smallest absolute Gasteiger partial charge is 0.292 e. The predicted molar refractivity (Wildman–Crippen MR) is 77.0 cm³/mol. The molecule has 0 aliphatic carbocycles. The Balaban J connectivity index is 2.03. The predicted octanol–water partition coefficient (Wildman–Crippen LogP) is 1.68. The first-order chi connectivity index (χ1) is 10.8. The Kier molecular flexibility index (Phi) is 2.53. The van der Waals surface area contributed by atoms with Crippen LogP contribution in [0.15, 0.2) is 62.8 Å². The second kappa shape index (κ2) is 4.53. The highest BCUT2D eigenvalue weighted by atomic mass is 16.5. The van der Waals surface area contributed by atoms with Gasteiger partial charge in [0.25, 0.3) is 5.95 Å². The lowest BCUT2D eigenvalue weighted by atomic mass is 10.2.